The number of carbonyl (C=O) groups excluding carboxylic acids is 1. The standard InChI is InChI=1S/C20H14F3N5O3/c21-20(22,23)18-27-17(28-31-18)13-5-6-15(25-9-13)10-26-19(29)30-11-14-8-24-7-12-3-1-2-4-16(12)14/h1-9H,10-11H2,(H,26,29). The highest BCUT2D eigenvalue weighted by atomic mass is 19.4. The number of aromatic nitrogens is 4. The normalized spacial score (nSPS) is 11.5. The SMILES string of the molecule is O=C(NCc1ccc(-c2noc(C(F)(F)F)n2)cn1)OCc1cncc2ccccc12. The van der Waals surface area contributed by atoms with Gasteiger partial charge in [0.05, 0.1) is 12.2 Å². The molecule has 0 radical (unpaired) electrons. The molecule has 4 aromatic rings. The van der Waals surface area contributed by atoms with Gasteiger partial charge in [-0.25, -0.2) is 4.79 Å². The molecule has 3 heterocycles. The first kappa shape index (κ1) is 20.3. The number of carbonyl (C=O) groups is 1. The molecule has 1 aromatic carbocycles. The smallest absolute Gasteiger partial charge is 0.445 e. The van der Waals surface area contributed by atoms with Gasteiger partial charge in [0.2, 0.25) is 5.82 Å². The Morgan fingerprint density at radius 3 is 2.68 bits per heavy atom. The third kappa shape index (κ3) is 4.77. The van der Waals surface area contributed by atoms with Crippen LogP contribution in [0.4, 0.5) is 18.0 Å². The van der Waals surface area contributed by atoms with Crippen LogP contribution in [0.1, 0.15) is 17.1 Å². The van der Waals surface area contributed by atoms with Crippen LogP contribution in [0.25, 0.3) is 22.2 Å². The number of hydrogen-bond donors (Lipinski definition) is 1. The first-order chi connectivity index (χ1) is 14.9. The maximum atomic E-state index is 12.5. The monoisotopic (exact) mass is 429 g/mol. The minimum Gasteiger partial charge on any atom is -0.445 e. The molecule has 8 nitrogen and oxygen atoms in total. The molecule has 4 rings (SSSR count). The molecule has 0 aliphatic heterocycles. The number of hydrogen-bond acceptors (Lipinski definition) is 7. The molecule has 0 saturated carbocycles. The van der Waals surface area contributed by atoms with Gasteiger partial charge in [-0.1, -0.05) is 29.4 Å². The predicted molar refractivity (Wildman–Crippen MR) is 101 cm³/mol. The second-order valence-electron chi connectivity index (χ2n) is 6.41. The number of nitrogens with zero attached hydrogens (tertiary/aromatic N) is 4. The van der Waals surface area contributed by atoms with Crippen molar-refractivity contribution in [3.63, 3.8) is 0 Å². The Hall–Kier alpha value is -4.02. The molecule has 0 aliphatic rings. The van der Waals surface area contributed by atoms with Crippen molar-refractivity contribution in [2.24, 2.45) is 0 Å². The number of fused-ring (bicyclic) bond motifs is 1. The largest absolute Gasteiger partial charge is 0.471 e. The van der Waals surface area contributed by atoms with Crippen molar-refractivity contribution in [1.82, 2.24) is 25.4 Å². The molecule has 11 heteroatoms. The molecule has 0 spiro atoms. The summed E-state index contributed by atoms with van der Waals surface area (Å²) in [6.45, 7) is 0.110. The summed E-state index contributed by atoms with van der Waals surface area (Å²) in [4.78, 5) is 23.5. The Bertz CT molecular complexity index is 1200. The van der Waals surface area contributed by atoms with E-state index in [-0.39, 0.29) is 24.5 Å². The molecule has 1 amide bonds. The third-order valence-electron chi connectivity index (χ3n) is 4.27. The van der Waals surface area contributed by atoms with Crippen LogP contribution in [0.15, 0.2) is 59.5 Å². The van der Waals surface area contributed by atoms with E-state index in [9.17, 15) is 18.0 Å². The van der Waals surface area contributed by atoms with Gasteiger partial charge in [0.1, 0.15) is 6.61 Å². The number of halogens is 3. The molecule has 158 valence electrons. The van der Waals surface area contributed by atoms with E-state index in [1.165, 1.54) is 18.3 Å². The van der Waals surface area contributed by atoms with Crippen molar-refractivity contribution < 1.29 is 27.2 Å². The van der Waals surface area contributed by atoms with Crippen molar-refractivity contribution in [1.29, 1.82) is 0 Å². The van der Waals surface area contributed by atoms with Crippen molar-refractivity contribution in [2.75, 3.05) is 0 Å². The van der Waals surface area contributed by atoms with Crippen molar-refractivity contribution in [2.45, 2.75) is 19.3 Å². The lowest BCUT2D eigenvalue weighted by molar-refractivity contribution is -0.159. The lowest BCUT2D eigenvalue weighted by Crippen LogP contribution is -2.24. The zero-order valence-electron chi connectivity index (χ0n) is 15.8. The highest BCUT2D eigenvalue weighted by Gasteiger charge is 2.38. The highest BCUT2D eigenvalue weighted by molar-refractivity contribution is 5.84. The molecule has 0 unspecified atom stereocenters. The fraction of sp³-hybridized carbons (Fsp3) is 0.150. The fourth-order valence-corrected chi connectivity index (χ4v) is 2.77. The van der Waals surface area contributed by atoms with Gasteiger partial charge in [-0.05, 0) is 17.5 Å². The summed E-state index contributed by atoms with van der Waals surface area (Å²) in [6, 6.07) is 10.6. The Balaban J connectivity index is 1.32. The Morgan fingerprint density at radius 1 is 1.10 bits per heavy atom. The summed E-state index contributed by atoms with van der Waals surface area (Å²) in [5, 5.41) is 7.73. The van der Waals surface area contributed by atoms with E-state index in [4.69, 9.17) is 4.74 Å². The maximum Gasteiger partial charge on any atom is 0.471 e. The summed E-state index contributed by atoms with van der Waals surface area (Å²) in [5.41, 5.74) is 1.48. The Kier molecular flexibility index (Phi) is 5.48. The molecular weight excluding hydrogens is 415 g/mol. The first-order valence-electron chi connectivity index (χ1n) is 8.98. The fourth-order valence-electron chi connectivity index (χ4n) is 2.77. The molecular formula is C20H14F3N5O3. The van der Waals surface area contributed by atoms with Gasteiger partial charge < -0.3 is 14.6 Å². The van der Waals surface area contributed by atoms with Crippen LogP contribution >= 0.6 is 0 Å². The van der Waals surface area contributed by atoms with Crippen LogP contribution in [0, 0.1) is 0 Å². The number of amides is 1. The molecule has 0 atom stereocenters. The van der Waals surface area contributed by atoms with Crippen LogP contribution < -0.4 is 5.32 Å². The van der Waals surface area contributed by atoms with E-state index in [0.29, 0.717) is 5.69 Å². The van der Waals surface area contributed by atoms with Crippen molar-refractivity contribution in [3.8, 4) is 11.4 Å². The number of alkyl halides is 3. The lowest BCUT2D eigenvalue weighted by Gasteiger charge is -2.09. The Labute approximate surface area is 173 Å². The summed E-state index contributed by atoms with van der Waals surface area (Å²) in [7, 11) is 0. The van der Waals surface area contributed by atoms with E-state index in [1.807, 2.05) is 24.3 Å². The van der Waals surface area contributed by atoms with E-state index in [2.05, 4.69) is 29.9 Å². The molecule has 3 aromatic heterocycles. The first-order valence-corrected chi connectivity index (χ1v) is 8.98. The minimum absolute atomic E-state index is 0.0475. The molecule has 0 saturated heterocycles. The summed E-state index contributed by atoms with van der Waals surface area (Å²) >= 11 is 0. The number of rotatable bonds is 5. The Morgan fingerprint density at radius 2 is 1.94 bits per heavy atom. The average Bonchev–Trinajstić information content (AvgIpc) is 3.27. The van der Waals surface area contributed by atoms with E-state index in [0.717, 1.165) is 16.3 Å². The van der Waals surface area contributed by atoms with Crippen LogP contribution in [0.2, 0.25) is 0 Å². The third-order valence-corrected chi connectivity index (χ3v) is 4.27. The number of nitrogens with one attached hydrogen (secondary N) is 1. The summed E-state index contributed by atoms with van der Waals surface area (Å²) < 4.78 is 47.0. The molecule has 0 fully saturated rings. The van der Waals surface area contributed by atoms with E-state index < -0.39 is 18.2 Å². The predicted octanol–water partition coefficient (Wildman–Crippen LogP) is 4.13. The van der Waals surface area contributed by atoms with Crippen LogP contribution in [-0.4, -0.2) is 26.2 Å². The zero-order chi connectivity index (χ0) is 21.8. The van der Waals surface area contributed by atoms with Gasteiger partial charge in [0.15, 0.2) is 0 Å². The van der Waals surface area contributed by atoms with Crippen LogP contribution in [-0.2, 0) is 24.1 Å². The van der Waals surface area contributed by atoms with Gasteiger partial charge in [0, 0.05) is 35.1 Å². The lowest BCUT2D eigenvalue weighted by atomic mass is 10.1. The highest BCUT2D eigenvalue weighted by Crippen LogP contribution is 2.29. The molecule has 0 aliphatic carbocycles. The van der Waals surface area contributed by atoms with Crippen LogP contribution in [0.5, 0.6) is 0 Å². The summed E-state index contributed by atoms with van der Waals surface area (Å²) in [5.74, 6) is -1.67. The van der Waals surface area contributed by atoms with E-state index in [1.54, 1.807) is 12.4 Å². The number of pyridine rings is 2. The number of ether oxygens (including phenoxy) is 1. The molecule has 31 heavy (non-hydrogen) atoms. The minimum atomic E-state index is -4.72. The van der Waals surface area contributed by atoms with Crippen LogP contribution in [0.3, 0.4) is 0 Å². The maximum absolute atomic E-state index is 12.5. The van der Waals surface area contributed by atoms with Crippen molar-refractivity contribution in [3.05, 3.63) is 72.1 Å². The second kappa shape index (κ2) is 8.38. The van der Waals surface area contributed by atoms with Gasteiger partial charge in [0.25, 0.3) is 0 Å². The topological polar surface area (TPSA) is 103 Å². The van der Waals surface area contributed by atoms with Crippen molar-refractivity contribution >= 4 is 16.9 Å². The number of benzene rings is 1. The second-order valence-corrected chi connectivity index (χ2v) is 6.41. The van der Waals surface area contributed by atoms with Gasteiger partial charge in [-0.3, -0.25) is 9.97 Å². The number of alkyl carbamates (subject to hydrolysis) is 1. The summed E-state index contributed by atoms with van der Waals surface area (Å²) in [6.07, 6.45) is -0.711. The molecule has 0 bridgehead atoms. The zero-order valence-corrected chi connectivity index (χ0v) is 15.8. The van der Waals surface area contributed by atoms with Gasteiger partial charge >= 0.3 is 18.2 Å². The quantitative estimate of drug-likeness (QED) is 0.509. The van der Waals surface area contributed by atoms with Gasteiger partial charge in [-0.2, -0.15) is 18.2 Å². The molecule has 1 N–H and O–H groups in total. The van der Waals surface area contributed by atoms with E-state index >= 15 is 0 Å². The van der Waals surface area contributed by atoms with Gasteiger partial charge in [-0.15, -0.1) is 0 Å². The average molecular weight is 429 g/mol.